The number of likely N-dealkylation sites (tertiary alicyclic amines) is 2. The SMILES string of the molecule is CN1C[C@H](Nc2cnn(C)c(=O)c2Br)C[C@H](c2ccc(CN3CCC(c4ccc5c(c4)CN(C4CCC(=O)NC4=O)C5=O)CC3)cc2)C1. The average molecular weight is 717 g/mol. The second-order valence-corrected chi connectivity index (χ2v) is 14.7. The van der Waals surface area contributed by atoms with Crippen molar-refractivity contribution in [2.45, 2.75) is 69.1 Å². The number of amides is 3. The smallest absolute Gasteiger partial charge is 0.282 e. The van der Waals surface area contributed by atoms with Crippen molar-refractivity contribution in [2.24, 2.45) is 7.05 Å². The number of rotatable bonds is 7. The van der Waals surface area contributed by atoms with Crippen LogP contribution in [0, 0.1) is 0 Å². The van der Waals surface area contributed by atoms with Gasteiger partial charge in [0.15, 0.2) is 0 Å². The molecular weight excluding hydrogens is 674 g/mol. The van der Waals surface area contributed by atoms with Crippen LogP contribution < -0.4 is 16.2 Å². The molecule has 0 aliphatic carbocycles. The van der Waals surface area contributed by atoms with Gasteiger partial charge in [0.25, 0.3) is 11.5 Å². The molecule has 5 heterocycles. The Morgan fingerprint density at radius 3 is 2.44 bits per heavy atom. The third-order valence-corrected chi connectivity index (χ3v) is 11.3. The summed E-state index contributed by atoms with van der Waals surface area (Å²) in [4.78, 5) is 55.9. The van der Waals surface area contributed by atoms with E-state index >= 15 is 0 Å². The Morgan fingerprint density at radius 2 is 1.69 bits per heavy atom. The fourth-order valence-electron chi connectivity index (χ4n) is 7.92. The van der Waals surface area contributed by atoms with E-state index in [2.05, 4.69) is 84.9 Å². The summed E-state index contributed by atoms with van der Waals surface area (Å²) in [5.74, 6) is 0.0669. The van der Waals surface area contributed by atoms with Crippen LogP contribution in [0.3, 0.4) is 0 Å². The molecule has 1 aromatic heterocycles. The molecule has 2 aromatic carbocycles. The Kier molecular flexibility index (Phi) is 9.23. The lowest BCUT2D eigenvalue weighted by atomic mass is 9.87. The van der Waals surface area contributed by atoms with E-state index in [0.29, 0.717) is 34.8 Å². The largest absolute Gasteiger partial charge is 0.379 e. The van der Waals surface area contributed by atoms with E-state index in [0.717, 1.165) is 63.2 Å². The van der Waals surface area contributed by atoms with Gasteiger partial charge in [-0.2, -0.15) is 5.10 Å². The van der Waals surface area contributed by atoms with Gasteiger partial charge in [0.05, 0.1) is 11.9 Å². The second kappa shape index (κ2) is 13.6. The van der Waals surface area contributed by atoms with Crippen molar-refractivity contribution in [3.8, 4) is 0 Å². The number of carbonyl (C=O) groups excluding carboxylic acids is 3. The first-order valence-electron chi connectivity index (χ1n) is 16.9. The van der Waals surface area contributed by atoms with Crippen molar-refractivity contribution in [3.63, 3.8) is 0 Å². The van der Waals surface area contributed by atoms with Crippen molar-refractivity contribution < 1.29 is 14.4 Å². The minimum Gasteiger partial charge on any atom is -0.379 e. The molecule has 1 unspecified atom stereocenters. The topological polar surface area (TPSA) is 120 Å². The van der Waals surface area contributed by atoms with Crippen LogP contribution in [0.15, 0.2) is 57.9 Å². The highest BCUT2D eigenvalue weighted by Crippen LogP contribution is 2.34. The molecule has 4 aliphatic heterocycles. The lowest BCUT2D eigenvalue weighted by Gasteiger charge is -2.37. The minimum atomic E-state index is -0.584. The Labute approximate surface area is 288 Å². The molecule has 11 nitrogen and oxygen atoms in total. The Hall–Kier alpha value is -3.87. The third-order valence-electron chi connectivity index (χ3n) is 10.5. The van der Waals surface area contributed by atoms with Crippen molar-refractivity contribution in [1.29, 1.82) is 0 Å². The molecule has 3 saturated heterocycles. The van der Waals surface area contributed by atoms with Gasteiger partial charge in [-0.15, -0.1) is 0 Å². The number of imide groups is 1. The third kappa shape index (κ3) is 6.70. The zero-order chi connectivity index (χ0) is 33.5. The predicted molar refractivity (Wildman–Crippen MR) is 186 cm³/mol. The fourth-order valence-corrected chi connectivity index (χ4v) is 8.40. The fraction of sp³-hybridized carbons (Fsp3) is 0.472. The van der Waals surface area contributed by atoms with Crippen LogP contribution in [0.25, 0.3) is 0 Å². The molecule has 3 aromatic rings. The van der Waals surface area contributed by atoms with Crippen LogP contribution >= 0.6 is 15.9 Å². The van der Waals surface area contributed by atoms with E-state index in [4.69, 9.17) is 0 Å². The Morgan fingerprint density at radius 1 is 0.938 bits per heavy atom. The van der Waals surface area contributed by atoms with Crippen molar-refractivity contribution in [3.05, 3.63) is 91.3 Å². The van der Waals surface area contributed by atoms with Crippen molar-refractivity contribution >= 4 is 39.3 Å². The molecule has 3 amide bonds. The van der Waals surface area contributed by atoms with E-state index in [1.54, 1.807) is 18.1 Å². The summed E-state index contributed by atoms with van der Waals surface area (Å²) in [5, 5.41) is 10.1. The first-order valence-corrected chi connectivity index (χ1v) is 17.7. The number of nitrogens with one attached hydrogen (secondary N) is 2. The highest BCUT2D eigenvalue weighted by atomic mass is 79.9. The molecule has 3 fully saturated rings. The highest BCUT2D eigenvalue weighted by Gasteiger charge is 2.39. The summed E-state index contributed by atoms with van der Waals surface area (Å²) in [6.07, 6.45) is 5.44. The molecule has 7 rings (SSSR count). The van der Waals surface area contributed by atoms with Crippen LogP contribution in [0.2, 0.25) is 0 Å². The van der Waals surface area contributed by atoms with E-state index in [1.165, 1.54) is 21.4 Å². The minimum absolute atomic E-state index is 0.120. The standard InChI is InChI=1S/C36H42BrN7O4/c1-41-19-26(16-28(21-41)39-30-17-38-42(2)36(48)33(30)37)23-5-3-22(4-6-23)18-43-13-11-24(12-14-43)25-7-8-29-27(15-25)20-44(35(29)47)31-9-10-32(45)40-34(31)46/h3-8,15,17,24,26,28,31,39H,9-14,16,18-21H2,1-2H3,(H,40,45,46)/t26-,28+,31?/m0/s1. The number of hydrogen-bond acceptors (Lipinski definition) is 8. The molecular formula is C36H42BrN7O4. The number of likely N-dealkylation sites (N-methyl/N-ethyl adjacent to an activating group) is 1. The molecule has 0 bridgehead atoms. The summed E-state index contributed by atoms with van der Waals surface area (Å²) in [5.41, 5.74) is 6.15. The highest BCUT2D eigenvalue weighted by molar-refractivity contribution is 9.10. The summed E-state index contributed by atoms with van der Waals surface area (Å²) in [6.45, 7) is 5.26. The quantitative estimate of drug-likeness (QED) is 0.357. The molecule has 252 valence electrons. The van der Waals surface area contributed by atoms with E-state index in [-0.39, 0.29) is 35.7 Å². The number of piperidine rings is 3. The molecule has 48 heavy (non-hydrogen) atoms. The van der Waals surface area contributed by atoms with Gasteiger partial charge < -0.3 is 15.1 Å². The Bertz CT molecular complexity index is 1790. The second-order valence-electron chi connectivity index (χ2n) is 13.9. The number of hydrogen-bond donors (Lipinski definition) is 2. The van der Waals surface area contributed by atoms with Crippen LogP contribution in [-0.4, -0.2) is 87.5 Å². The van der Waals surface area contributed by atoms with Gasteiger partial charge in [-0.25, -0.2) is 4.68 Å². The number of nitrogens with zero attached hydrogens (tertiary/aromatic N) is 5. The molecule has 4 aliphatic rings. The first kappa shape index (κ1) is 32.7. The summed E-state index contributed by atoms with van der Waals surface area (Å²) in [7, 11) is 3.80. The van der Waals surface area contributed by atoms with Crippen LogP contribution in [0.5, 0.6) is 0 Å². The van der Waals surface area contributed by atoms with E-state index in [9.17, 15) is 19.2 Å². The van der Waals surface area contributed by atoms with Gasteiger partial charge in [0, 0.05) is 51.3 Å². The van der Waals surface area contributed by atoms with Crippen LogP contribution in [0.1, 0.15) is 76.6 Å². The molecule has 3 atom stereocenters. The van der Waals surface area contributed by atoms with Crippen LogP contribution in [-0.2, 0) is 29.7 Å². The van der Waals surface area contributed by atoms with Gasteiger partial charge in [-0.1, -0.05) is 36.4 Å². The number of aromatic nitrogens is 2. The first-order chi connectivity index (χ1) is 23.1. The maximum Gasteiger partial charge on any atom is 0.282 e. The van der Waals surface area contributed by atoms with Gasteiger partial charge in [-0.3, -0.25) is 29.4 Å². The molecule has 2 N–H and O–H groups in total. The van der Waals surface area contributed by atoms with Gasteiger partial charge in [0.1, 0.15) is 10.5 Å². The van der Waals surface area contributed by atoms with E-state index in [1.807, 2.05) is 6.07 Å². The maximum atomic E-state index is 13.1. The Balaban J connectivity index is 0.921. The predicted octanol–water partition coefficient (Wildman–Crippen LogP) is 3.58. The number of halogens is 1. The van der Waals surface area contributed by atoms with Crippen LogP contribution in [0.4, 0.5) is 5.69 Å². The lowest BCUT2D eigenvalue weighted by molar-refractivity contribution is -0.136. The average Bonchev–Trinajstić information content (AvgIpc) is 3.40. The number of anilines is 1. The molecule has 0 radical (unpaired) electrons. The number of fused-ring (bicyclic) bond motifs is 1. The molecule has 12 heteroatoms. The zero-order valence-electron chi connectivity index (χ0n) is 27.5. The van der Waals surface area contributed by atoms with Gasteiger partial charge in [-0.05, 0) is 102 Å². The number of benzene rings is 2. The van der Waals surface area contributed by atoms with Crippen molar-refractivity contribution in [2.75, 3.05) is 38.5 Å². The van der Waals surface area contributed by atoms with Gasteiger partial charge >= 0.3 is 0 Å². The summed E-state index contributed by atoms with van der Waals surface area (Å²) in [6, 6.07) is 14.9. The van der Waals surface area contributed by atoms with Crippen molar-refractivity contribution in [1.82, 2.24) is 29.8 Å². The number of aryl methyl sites for hydroxylation is 1. The van der Waals surface area contributed by atoms with E-state index < -0.39 is 6.04 Å². The number of carbonyl (C=O) groups is 3. The summed E-state index contributed by atoms with van der Waals surface area (Å²) < 4.78 is 1.84. The van der Waals surface area contributed by atoms with Gasteiger partial charge in [0.2, 0.25) is 11.8 Å². The maximum absolute atomic E-state index is 13.1. The zero-order valence-corrected chi connectivity index (χ0v) is 29.0. The summed E-state index contributed by atoms with van der Waals surface area (Å²) >= 11 is 3.44. The monoisotopic (exact) mass is 715 g/mol. The normalized spacial score (nSPS) is 24.1. The lowest BCUT2D eigenvalue weighted by Crippen LogP contribution is -2.52. The molecule has 0 spiro atoms. The molecule has 0 saturated carbocycles.